The molecule has 0 amide bonds. The van der Waals surface area contributed by atoms with Crippen molar-refractivity contribution in [1.29, 1.82) is 0 Å². The zero-order valence-electron chi connectivity index (χ0n) is 21.3. The van der Waals surface area contributed by atoms with Gasteiger partial charge in [0.05, 0.1) is 29.5 Å². The van der Waals surface area contributed by atoms with Gasteiger partial charge in [-0.15, -0.1) is 0 Å². The Morgan fingerprint density at radius 3 is 2.71 bits per heavy atom. The van der Waals surface area contributed by atoms with Crippen LogP contribution in [0.1, 0.15) is 43.9 Å². The molecule has 3 aromatic rings. The van der Waals surface area contributed by atoms with E-state index >= 15 is 0 Å². The van der Waals surface area contributed by atoms with Gasteiger partial charge in [-0.05, 0) is 55.3 Å². The van der Waals surface area contributed by atoms with E-state index in [1.807, 2.05) is 49.4 Å². The topological polar surface area (TPSA) is 88.4 Å². The van der Waals surface area contributed by atoms with Gasteiger partial charge in [-0.25, -0.2) is 9.79 Å². The highest BCUT2D eigenvalue weighted by atomic mass is 79.9. The van der Waals surface area contributed by atoms with Crippen LogP contribution < -0.4 is 29.1 Å². The minimum absolute atomic E-state index is 0.207. The van der Waals surface area contributed by atoms with E-state index in [1.165, 1.54) is 11.3 Å². The summed E-state index contributed by atoms with van der Waals surface area (Å²) in [5.74, 6) is 1.39. The number of thiazole rings is 1. The highest BCUT2D eigenvalue weighted by Gasteiger charge is 2.36. The smallest absolute Gasteiger partial charge is 0.338 e. The second kappa shape index (κ2) is 11.2. The quantitative estimate of drug-likeness (QED) is 0.380. The van der Waals surface area contributed by atoms with Gasteiger partial charge in [0, 0.05) is 10.0 Å². The van der Waals surface area contributed by atoms with Gasteiger partial charge >= 0.3 is 5.97 Å². The van der Waals surface area contributed by atoms with Gasteiger partial charge < -0.3 is 18.9 Å². The molecule has 0 saturated carbocycles. The van der Waals surface area contributed by atoms with E-state index in [9.17, 15) is 9.59 Å². The molecule has 0 unspecified atom stereocenters. The first-order chi connectivity index (χ1) is 18.4. The molecule has 0 saturated heterocycles. The summed E-state index contributed by atoms with van der Waals surface area (Å²) in [4.78, 5) is 32.7. The maximum atomic E-state index is 14.0. The molecule has 2 aliphatic rings. The lowest BCUT2D eigenvalue weighted by Gasteiger charge is -2.27. The molecule has 0 fully saturated rings. The number of esters is 1. The van der Waals surface area contributed by atoms with Crippen molar-refractivity contribution < 1.29 is 23.7 Å². The number of benzene rings is 2. The van der Waals surface area contributed by atoms with Crippen molar-refractivity contribution in [2.24, 2.45) is 4.99 Å². The van der Waals surface area contributed by atoms with Crippen LogP contribution in [-0.2, 0) is 9.53 Å². The molecule has 2 aliphatic heterocycles. The monoisotopic (exact) mass is 598 g/mol. The predicted molar refractivity (Wildman–Crippen MR) is 148 cm³/mol. The van der Waals surface area contributed by atoms with E-state index in [0.717, 1.165) is 16.5 Å². The lowest BCUT2D eigenvalue weighted by molar-refractivity contribution is -0.139. The van der Waals surface area contributed by atoms with E-state index in [4.69, 9.17) is 23.9 Å². The molecule has 3 heterocycles. The molecule has 38 heavy (non-hydrogen) atoms. The van der Waals surface area contributed by atoms with Gasteiger partial charge in [-0.3, -0.25) is 9.36 Å². The van der Waals surface area contributed by atoms with E-state index in [2.05, 4.69) is 15.9 Å². The number of carbonyl (C=O) groups excluding carboxylic acids is 1. The van der Waals surface area contributed by atoms with Crippen molar-refractivity contribution in [2.75, 3.05) is 26.9 Å². The van der Waals surface area contributed by atoms with Gasteiger partial charge in [0.25, 0.3) is 5.56 Å². The summed E-state index contributed by atoms with van der Waals surface area (Å²) >= 11 is 4.82. The average molecular weight is 600 g/mol. The maximum Gasteiger partial charge on any atom is 0.338 e. The van der Waals surface area contributed by atoms with Gasteiger partial charge in [0.1, 0.15) is 25.0 Å². The third-order valence-corrected chi connectivity index (χ3v) is 7.72. The second-order valence-electron chi connectivity index (χ2n) is 8.70. The molecule has 1 atom stereocenters. The SMILES string of the molecule is CCCC1=C(C(=O)OCC)[C@H](c2cc(Br)ccc2OC)n2c(s/c(=C/c3ccc4c(c3)OCCO4)c2=O)=N1. The van der Waals surface area contributed by atoms with Crippen LogP contribution in [0, 0.1) is 0 Å². The van der Waals surface area contributed by atoms with Crippen LogP contribution in [0.2, 0.25) is 0 Å². The summed E-state index contributed by atoms with van der Waals surface area (Å²) in [6.07, 6.45) is 3.15. The minimum Gasteiger partial charge on any atom is -0.496 e. The summed E-state index contributed by atoms with van der Waals surface area (Å²) in [5.41, 5.74) is 2.18. The van der Waals surface area contributed by atoms with Crippen molar-refractivity contribution in [3.05, 3.63) is 83.0 Å². The molecule has 8 nitrogen and oxygen atoms in total. The van der Waals surface area contributed by atoms with Crippen molar-refractivity contribution >= 4 is 39.3 Å². The van der Waals surface area contributed by atoms with Crippen LogP contribution in [0.25, 0.3) is 6.08 Å². The lowest BCUT2D eigenvalue weighted by Crippen LogP contribution is -2.40. The number of allylic oxidation sites excluding steroid dienone is 1. The maximum absolute atomic E-state index is 14.0. The number of methoxy groups -OCH3 is 1. The molecule has 2 aromatic carbocycles. The summed E-state index contributed by atoms with van der Waals surface area (Å²) < 4.78 is 25.3. The summed E-state index contributed by atoms with van der Waals surface area (Å²) in [6.45, 7) is 4.97. The number of halogens is 1. The molecule has 0 aliphatic carbocycles. The molecule has 0 radical (unpaired) electrons. The number of hydrogen-bond donors (Lipinski definition) is 0. The Morgan fingerprint density at radius 2 is 1.97 bits per heavy atom. The fraction of sp³-hybridized carbons (Fsp3) is 0.321. The second-order valence-corrected chi connectivity index (χ2v) is 10.6. The molecule has 0 N–H and O–H groups in total. The van der Waals surface area contributed by atoms with Crippen LogP contribution >= 0.6 is 27.3 Å². The number of hydrogen-bond acceptors (Lipinski definition) is 8. The molecule has 0 bridgehead atoms. The molecular weight excluding hydrogens is 572 g/mol. The Hall–Kier alpha value is -3.37. The number of carbonyl (C=O) groups is 1. The molecular formula is C28H27BrN2O6S. The number of ether oxygens (including phenoxy) is 4. The van der Waals surface area contributed by atoms with Gasteiger partial charge in [-0.2, -0.15) is 0 Å². The number of aromatic nitrogens is 1. The lowest BCUT2D eigenvalue weighted by atomic mass is 9.93. The summed E-state index contributed by atoms with van der Waals surface area (Å²) in [6, 6.07) is 10.4. The third kappa shape index (κ3) is 4.90. The fourth-order valence-corrected chi connectivity index (χ4v) is 6.03. The van der Waals surface area contributed by atoms with Crippen molar-refractivity contribution in [3.63, 3.8) is 0 Å². The van der Waals surface area contributed by atoms with Crippen LogP contribution in [0.4, 0.5) is 0 Å². The highest BCUT2D eigenvalue weighted by Crippen LogP contribution is 2.38. The van der Waals surface area contributed by atoms with Crippen LogP contribution in [0.3, 0.4) is 0 Å². The molecule has 5 rings (SSSR count). The van der Waals surface area contributed by atoms with E-state index in [1.54, 1.807) is 18.6 Å². The van der Waals surface area contributed by atoms with Crippen molar-refractivity contribution in [1.82, 2.24) is 4.57 Å². The van der Waals surface area contributed by atoms with Crippen LogP contribution in [0.5, 0.6) is 17.2 Å². The normalized spacial score (nSPS) is 16.6. The average Bonchev–Trinajstić information content (AvgIpc) is 3.22. The van der Waals surface area contributed by atoms with Crippen LogP contribution in [0.15, 0.2) is 61.9 Å². The van der Waals surface area contributed by atoms with E-state index in [0.29, 0.717) is 63.1 Å². The predicted octanol–water partition coefficient (Wildman–Crippen LogP) is 4.12. The summed E-state index contributed by atoms with van der Waals surface area (Å²) in [7, 11) is 1.57. The van der Waals surface area contributed by atoms with Crippen molar-refractivity contribution in [2.45, 2.75) is 32.7 Å². The third-order valence-electron chi connectivity index (χ3n) is 6.24. The number of nitrogens with zero attached hydrogens (tertiary/aromatic N) is 2. The van der Waals surface area contributed by atoms with Crippen molar-refractivity contribution in [3.8, 4) is 17.2 Å². The standard InChI is InChI=1S/C28H27BrN2O6S/c1-4-6-19-24(27(33)35-5-2)25(18-15-17(29)8-10-20(18)34-3)31-26(32)23(38-28(31)30-19)14-16-7-9-21-22(13-16)37-12-11-36-21/h7-10,13-15,25H,4-6,11-12H2,1-3H3/b23-14+/t25-/m0/s1. The Bertz CT molecular complexity index is 1610. The Balaban J connectivity index is 1.75. The van der Waals surface area contributed by atoms with Gasteiger partial charge in [0.15, 0.2) is 16.3 Å². The summed E-state index contributed by atoms with van der Waals surface area (Å²) in [5, 5.41) is 0. The Morgan fingerprint density at radius 1 is 1.18 bits per heavy atom. The molecule has 1 aromatic heterocycles. The Kier molecular flexibility index (Phi) is 7.71. The molecule has 0 spiro atoms. The number of fused-ring (bicyclic) bond motifs is 2. The first-order valence-electron chi connectivity index (χ1n) is 12.4. The van der Waals surface area contributed by atoms with E-state index in [-0.39, 0.29) is 12.2 Å². The zero-order chi connectivity index (χ0) is 26.8. The first-order valence-corrected chi connectivity index (χ1v) is 14.0. The number of rotatable bonds is 7. The molecule has 10 heteroatoms. The molecule has 198 valence electrons. The fourth-order valence-electron chi connectivity index (χ4n) is 4.64. The first kappa shape index (κ1) is 26.2. The van der Waals surface area contributed by atoms with E-state index < -0.39 is 12.0 Å². The zero-order valence-corrected chi connectivity index (χ0v) is 23.7. The Labute approximate surface area is 232 Å². The van der Waals surface area contributed by atoms with Crippen LogP contribution in [-0.4, -0.2) is 37.5 Å². The highest BCUT2D eigenvalue weighted by molar-refractivity contribution is 9.10. The van der Waals surface area contributed by atoms with Gasteiger partial charge in [0.2, 0.25) is 0 Å². The largest absolute Gasteiger partial charge is 0.496 e. The minimum atomic E-state index is -0.762. The van der Waals surface area contributed by atoms with Gasteiger partial charge in [-0.1, -0.05) is 46.7 Å².